The predicted molar refractivity (Wildman–Crippen MR) is 66.3 cm³/mol. The van der Waals surface area contributed by atoms with E-state index in [1.807, 2.05) is 0 Å². The van der Waals surface area contributed by atoms with Gasteiger partial charge in [-0.05, 0) is 19.3 Å². The SMILES string of the molecule is O=C(CBr)NCCNC(=O)C1CC=CCC1. The van der Waals surface area contributed by atoms with E-state index in [0.717, 1.165) is 19.3 Å². The molecule has 1 rings (SSSR count). The second-order valence-electron chi connectivity index (χ2n) is 3.76. The van der Waals surface area contributed by atoms with Crippen molar-refractivity contribution in [2.75, 3.05) is 18.4 Å². The molecule has 16 heavy (non-hydrogen) atoms. The number of amides is 2. The van der Waals surface area contributed by atoms with Crippen molar-refractivity contribution in [3.05, 3.63) is 12.2 Å². The number of nitrogens with one attached hydrogen (secondary N) is 2. The molecule has 2 amide bonds. The lowest BCUT2D eigenvalue weighted by molar-refractivity contribution is -0.125. The summed E-state index contributed by atoms with van der Waals surface area (Å²) in [6.07, 6.45) is 6.91. The number of carbonyl (C=O) groups is 2. The van der Waals surface area contributed by atoms with E-state index in [2.05, 4.69) is 38.7 Å². The number of hydrogen-bond acceptors (Lipinski definition) is 2. The van der Waals surface area contributed by atoms with Crippen LogP contribution >= 0.6 is 15.9 Å². The van der Waals surface area contributed by atoms with E-state index in [1.165, 1.54) is 0 Å². The summed E-state index contributed by atoms with van der Waals surface area (Å²) in [7, 11) is 0. The first kappa shape index (κ1) is 13.2. The Balaban J connectivity index is 2.10. The van der Waals surface area contributed by atoms with Crippen molar-refractivity contribution in [1.82, 2.24) is 10.6 Å². The molecule has 1 aliphatic carbocycles. The number of hydrogen-bond donors (Lipinski definition) is 2. The van der Waals surface area contributed by atoms with Gasteiger partial charge in [0.1, 0.15) is 0 Å². The molecule has 1 aliphatic rings. The number of alkyl halides is 1. The van der Waals surface area contributed by atoms with E-state index in [9.17, 15) is 9.59 Å². The lowest BCUT2D eigenvalue weighted by Crippen LogP contribution is -2.38. The van der Waals surface area contributed by atoms with Crippen LogP contribution in [0.3, 0.4) is 0 Å². The van der Waals surface area contributed by atoms with E-state index < -0.39 is 0 Å². The first-order chi connectivity index (χ1) is 7.74. The number of halogens is 1. The highest BCUT2D eigenvalue weighted by Gasteiger charge is 2.17. The third-order valence-corrected chi connectivity index (χ3v) is 3.02. The van der Waals surface area contributed by atoms with Crippen LogP contribution in [0, 0.1) is 5.92 Å². The monoisotopic (exact) mass is 288 g/mol. The van der Waals surface area contributed by atoms with Crippen LogP contribution in [0.2, 0.25) is 0 Å². The third-order valence-electron chi connectivity index (χ3n) is 2.51. The van der Waals surface area contributed by atoms with E-state index in [4.69, 9.17) is 0 Å². The summed E-state index contributed by atoms with van der Waals surface area (Å²) >= 11 is 3.05. The normalized spacial score (nSPS) is 19.2. The van der Waals surface area contributed by atoms with Crippen LogP contribution in [0.4, 0.5) is 0 Å². The summed E-state index contributed by atoms with van der Waals surface area (Å²) in [5.41, 5.74) is 0. The maximum absolute atomic E-state index is 11.6. The maximum Gasteiger partial charge on any atom is 0.230 e. The molecule has 0 aliphatic heterocycles. The minimum atomic E-state index is -0.0603. The van der Waals surface area contributed by atoms with Gasteiger partial charge in [-0.1, -0.05) is 28.1 Å². The highest BCUT2D eigenvalue weighted by Crippen LogP contribution is 2.17. The van der Waals surface area contributed by atoms with Gasteiger partial charge in [-0.15, -0.1) is 0 Å². The molecule has 0 spiro atoms. The molecule has 2 N–H and O–H groups in total. The smallest absolute Gasteiger partial charge is 0.230 e. The molecule has 0 saturated heterocycles. The second-order valence-corrected chi connectivity index (χ2v) is 4.32. The average Bonchev–Trinajstić information content (AvgIpc) is 2.35. The molecular formula is C11H17BrN2O2. The predicted octanol–water partition coefficient (Wildman–Crippen LogP) is 0.970. The Bertz CT molecular complexity index is 279. The van der Waals surface area contributed by atoms with Crippen LogP contribution in [0.15, 0.2) is 12.2 Å². The van der Waals surface area contributed by atoms with E-state index in [0.29, 0.717) is 18.4 Å². The zero-order valence-corrected chi connectivity index (χ0v) is 10.8. The second kappa shape index (κ2) is 7.44. The molecule has 0 aromatic heterocycles. The lowest BCUT2D eigenvalue weighted by atomic mass is 9.94. The van der Waals surface area contributed by atoms with Gasteiger partial charge in [0.15, 0.2) is 0 Å². The molecule has 1 unspecified atom stereocenters. The van der Waals surface area contributed by atoms with Gasteiger partial charge in [0.2, 0.25) is 11.8 Å². The summed E-state index contributed by atoms with van der Waals surface area (Å²) in [5.74, 6) is 0.143. The fraction of sp³-hybridized carbons (Fsp3) is 0.636. The molecule has 0 heterocycles. The number of rotatable bonds is 5. The zero-order valence-electron chi connectivity index (χ0n) is 9.17. The number of allylic oxidation sites excluding steroid dienone is 2. The fourth-order valence-corrected chi connectivity index (χ4v) is 1.81. The Morgan fingerprint density at radius 1 is 1.25 bits per heavy atom. The minimum absolute atomic E-state index is 0.0603. The van der Waals surface area contributed by atoms with Gasteiger partial charge in [0.25, 0.3) is 0 Å². The van der Waals surface area contributed by atoms with Crippen molar-refractivity contribution in [2.24, 2.45) is 5.92 Å². The van der Waals surface area contributed by atoms with Crippen LogP contribution in [-0.2, 0) is 9.59 Å². The summed E-state index contributed by atoms with van der Waals surface area (Å²) in [4.78, 5) is 22.5. The van der Waals surface area contributed by atoms with Crippen molar-refractivity contribution in [1.29, 1.82) is 0 Å². The van der Waals surface area contributed by atoms with Gasteiger partial charge in [0, 0.05) is 19.0 Å². The Morgan fingerprint density at radius 3 is 2.62 bits per heavy atom. The Kier molecular flexibility index (Phi) is 6.15. The van der Waals surface area contributed by atoms with Crippen LogP contribution in [-0.4, -0.2) is 30.2 Å². The highest BCUT2D eigenvalue weighted by molar-refractivity contribution is 9.09. The van der Waals surface area contributed by atoms with E-state index in [1.54, 1.807) is 0 Å². The summed E-state index contributed by atoms with van der Waals surface area (Å²) in [6.45, 7) is 0.983. The summed E-state index contributed by atoms with van der Waals surface area (Å²) in [5, 5.41) is 5.81. The van der Waals surface area contributed by atoms with Gasteiger partial charge in [-0.3, -0.25) is 9.59 Å². The lowest BCUT2D eigenvalue weighted by Gasteiger charge is -2.17. The van der Waals surface area contributed by atoms with Gasteiger partial charge < -0.3 is 10.6 Å². The molecule has 1 atom stereocenters. The minimum Gasteiger partial charge on any atom is -0.354 e. The molecule has 4 nitrogen and oxygen atoms in total. The molecule has 5 heteroatoms. The Labute approximate surface area is 104 Å². The van der Waals surface area contributed by atoms with Gasteiger partial charge in [-0.25, -0.2) is 0 Å². The van der Waals surface area contributed by atoms with Crippen molar-refractivity contribution in [3.8, 4) is 0 Å². The Morgan fingerprint density at radius 2 is 2.00 bits per heavy atom. The van der Waals surface area contributed by atoms with Crippen molar-refractivity contribution >= 4 is 27.7 Å². The maximum atomic E-state index is 11.6. The first-order valence-electron chi connectivity index (χ1n) is 5.49. The quantitative estimate of drug-likeness (QED) is 0.450. The van der Waals surface area contributed by atoms with Crippen molar-refractivity contribution < 1.29 is 9.59 Å². The van der Waals surface area contributed by atoms with Gasteiger partial charge in [0.05, 0.1) is 5.33 Å². The molecule has 0 bridgehead atoms. The molecule has 0 fully saturated rings. The largest absolute Gasteiger partial charge is 0.354 e. The molecule has 0 aromatic rings. The van der Waals surface area contributed by atoms with E-state index in [-0.39, 0.29) is 17.7 Å². The zero-order chi connectivity index (χ0) is 11.8. The molecule has 0 saturated carbocycles. The number of carbonyl (C=O) groups excluding carboxylic acids is 2. The molecule has 0 aromatic carbocycles. The van der Waals surface area contributed by atoms with Crippen molar-refractivity contribution in [3.63, 3.8) is 0 Å². The summed E-state index contributed by atoms with van der Waals surface area (Å²) in [6, 6.07) is 0. The first-order valence-corrected chi connectivity index (χ1v) is 6.61. The molecular weight excluding hydrogens is 272 g/mol. The van der Waals surface area contributed by atoms with Crippen LogP contribution in [0.1, 0.15) is 19.3 Å². The van der Waals surface area contributed by atoms with Crippen LogP contribution < -0.4 is 10.6 Å². The van der Waals surface area contributed by atoms with Crippen LogP contribution in [0.5, 0.6) is 0 Å². The average molecular weight is 289 g/mol. The van der Waals surface area contributed by atoms with Crippen LogP contribution in [0.25, 0.3) is 0 Å². The standard InChI is InChI=1S/C11H17BrN2O2/c12-8-10(15)13-6-7-14-11(16)9-4-2-1-3-5-9/h1-2,9H,3-8H2,(H,13,15)(H,14,16). The summed E-state index contributed by atoms with van der Waals surface area (Å²) < 4.78 is 0. The molecule has 0 radical (unpaired) electrons. The fourth-order valence-electron chi connectivity index (χ4n) is 1.61. The third kappa shape index (κ3) is 4.79. The Hall–Kier alpha value is -0.840. The van der Waals surface area contributed by atoms with Gasteiger partial charge in [-0.2, -0.15) is 0 Å². The van der Waals surface area contributed by atoms with E-state index >= 15 is 0 Å². The topological polar surface area (TPSA) is 58.2 Å². The highest BCUT2D eigenvalue weighted by atomic mass is 79.9. The van der Waals surface area contributed by atoms with Gasteiger partial charge >= 0.3 is 0 Å². The van der Waals surface area contributed by atoms with Crippen molar-refractivity contribution in [2.45, 2.75) is 19.3 Å². The molecule has 90 valence electrons.